The van der Waals surface area contributed by atoms with Crippen LogP contribution in [0.5, 0.6) is 0 Å². The highest BCUT2D eigenvalue weighted by atomic mass is 32.1. The van der Waals surface area contributed by atoms with Gasteiger partial charge >= 0.3 is 5.97 Å². The molecule has 1 heterocycles. The van der Waals surface area contributed by atoms with E-state index in [9.17, 15) is 4.79 Å². The van der Waals surface area contributed by atoms with E-state index in [2.05, 4.69) is 36.1 Å². The second-order valence-electron chi connectivity index (χ2n) is 4.56. The Morgan fingerprint density at radius 1 is 1.68 bits per heavy atom. The molecule has 19 heavy (non-hydrogen) atoms. The number of nitrogens with zero attached hydrogens (tertiary/aromatic N) is 2. The highest BCUT2D eigenvalue weighted by Gasteiger charge is 2.17. The molecule has 6 nitrogen and oxygen atoms in total. The molecule has 0 saturated heterocycles. The number of carbonyl (C=O) groups is 1. The fourth-order valence-electron chi connectivity index (χ4n) is 1.51. The predicted molar refractivity (Wildman–Crippen MR) is 77.6 cm³/mol. The Balaban J connectivity index is 2.40. The molecule has 0 aliphatic carbocycles. The van der Waals surface area contributed by atoms with Crippen molar-refractivity contribution >= 4 is 22.4 Å². The maximum Gasteiger partial charge on any atom is 0.326 e. The van der Waals surface area contributed by atoms with Crippen LogP contribution in [0.25, 0.3) is 0 Å². The Hall–Kier alpha value is -1.18. The molecule has 0 aliphatic rings. The molecule has 0 aliphatic heterocycles. The minimum atomic E-state index is -1.06. The van der Waals surface area contributed by atoms with Crippen LogP contribution in [0.2, 0.25) is 0 Å². The van der Waals surface area contributed by atoms with Gasteiger partial charge in [-0.05, 0) is 20.4 Å². The molecule has 1 aromatic heterocycles. The van der Waals surface area contributed by atoms with E-state index in [0.29, 0.717) is 16.9 Å². The van der Waals surface area contributed by atoms with Crippen LogP contribution >= 0.6 is 11.3 Å². The number of thiazole rings is 1. The quantitative estimate of drug-likeness (QED) is 0.668. The summed E-state index contributed by atoms with van der Waals surface area (Å²) in [5, 5.41) is 14.4. The summed E-state index contributed by atoms with van der Waals surface area (Å²) in [6.45, 7) is 6.04. The summed E-state index contributed by atoms with van der Waals surface area (Å²) in [5.74, 6) is -1.06. The second kappa shape index (κ2) is 7.42. The molecular weight excluding hydrogens is 264 g/mol. The van der Waals surface area contributed by atoms with Crippen LogP contribution in [0.15, 0.2) is 5.38 Å². The van der Waals surface area contributed by atoms with Crippen LogP contribution in [0, 0.1) is 0 Å². The van der Waals surface area contributed by atoms with E-state index in [-0.39, 0.29) is 0 Å². The number of nitrogens with two attached hydrogens (primary N) is 1. The normalized spacial score (nSPS) is 14.4. The summed E-state index contributed by atoms with van der Waals surface area (Å²) in [5.41, 5.74) is 5.89. The van der Waals surface area contributed by atoms with E-state index in [4.69, 9.17) is 10.8 Å². The molecule has 0 aromatic carbocycles. The Labute approximate surface area is 117 Å². The molecular formula is C12H22N4O2S. The minimum absolute atomic E-state index is 0.398. The van der Waals surface area contributed by atoms with Crippen molar-refractivity contribution in [2.75, 3.05) is 25.5 Å². The van der Waals surface area contributed by atoms with E-state index in [1.54, 1.807) is 5.38 Å². The highest BCUT2D eigenvalue weighted by Crippen LogP contribution is 2.19. The van der Waals surface area contributed by atoms with Crippen molar-refractivity contribution in [2.45, 2.75) is 32.4 Å². The summed E-state index contributed by atoms with van der Waals surface area (Å²) in [6.07, 6.45) is 1.12. The number of carboxylic acids is 1. The van der Waals surface area contributed by atoms with Gasteiger partial charge in [-0.1, -0.05) is 6.92 Å². The van der Waals surface area contributed by atoms with Crippen molar-refractivity contribution in [1.82, 2.24) is 9.88 Å². The topological polar surface area (TPSA) is 91.5 Å². The first-order valence-corrected chi connectivity index (χ1v) is 7.21. The molecule has 1 aromatic rings. The zero-order valence-corrected chi connectivity index (χ0v) is 12.4. The monoisotopic (exact) mass is 286 g/mol. The molecule has 0 saturated carbocycles. The molecule has 7 heteroatoms. The van der Waals surface area contributed by atoms with Crippen LogP contribution in [-0.4, -0.2) is 47.1 Å². The van der Waals surface area contributed by atoms with Gasteiger partial charge in [0.05, 0.1) is 5.69 Å². The van der Waals surface area contributed by atoms with Crippen LogP contribution in [0.3, 0.4) is 0 Å². The van der Waals surface area contributed by atoms with Gasteiger partial charge in [0.1, 0.15) is 6.04 Å². The number of aliphatic carboxylic acids is 1. The first kappa shape index (κ1) is 15.9. The van der Waals surface area contributed by atoms with Gasteiger partial charge in [-0.25, -0.2) is 4.98 Å². The number of rotatable bonds is 8. The predicted octanol–water partition coefficient (Wildman–Crippen LogP) is 1.37. The average molecular weight is 286 g/mol. The fourth-order valence-corrected chi connectivity index (χ4v) is 2.28. The Bertz CT molecular complexity index is 410. The van der Waals surface area contributed by atoms with E-state index in [1.807, 2.05) is 0 Å². The third-order valence-corrected chi connectivity index (χ3v) is 4.01. The minimum Gasteiger partial charge on any atom is -0.480 e. The first-order valence-electron chi connectivity index (χ1n) is 6.33. The maximum absolute atomic E-state index is 10.7. The van der Waals surface area contributed by atoms with Gasteiger partial charge in [0.15, 0.2) is 5.13 Å². The smallest absolute Gasteiger partial charge is 0.326 e. The third-order valence-electron chi connectivity index (χ3n) is 3.19. The standard InChI is InChI=1S/C12H22N4O2S/c1-4-8(2)16(3)6-5-14-12-15-9(7-19-12)10(13)11(17)18/h7-8,10H,4-6,13H2,1-3H3,(H,14,15)(H,17,18). The van der Waals surface area contributed by atoms with Gasteiger partial charge in [-0.2, -0.15) is 0 Å². The third kappa shape index (κ3) is 4.77. The number of nitrogens with one attached hydrogen (secondary N) is 1. The number of anilines is 1. The van der Waals surface area contributed by atoms with Crippen LogP contribution in [-0.2, 0) is 4.79 Å². The van der Waals surface area contributed by atoms with Gasteiger partial charge in [0.25, 0.3) is 0 Å². The molecule has 2 unspecified atom stereocenters. The molecule has 4 N–H and O–H groups in total. The number of hydrogen-bond donors (Lipinski definition) is 3. The SMILES string of the molecule is CCC(C)N(C)CCNc1nc(C(N)C(=O)O)cs1. The van der Waals surface area contributed by atoms with Crippen LogP contribution in [0.1, 0.15) is 32.0 Å². The molecule has 0 fully saturated rings. The molecule has 0 amide bonds. The highest BCUT2D eigenvalue weighted by molar-refractivity contribution is 7.13. The molecule has 0 bridgehead atoms. The number of carboxylic acid groups (broad SMARTS) is 1. The number of likely N-dealkylation sites (N-methyl/N-ethyl adjacent to an activating group) is 1. The summed E-state index contributed by atoms with van der Waals surface area (Å²) >= 11 is 1.38. The summed E-state index contributed by atoms with van der Waals surface area (Å²) in [7, 11) is 2.09. The van der Waals surface area contributed by atoms with Crippen molar-refractivity contribution in [2.24, 2.45) is 5.73 Å². The maximum atomic E-state index is 10.7. The summed E-state index contributed by atoms with van der Waals surface area (Å²) < 4.78 is 0. The van der Waals surface area contributed by atoms with Gasteiger partial charge < -0.3 is 21.1 Å². The van der Waals surface area contributed by atoms with Crippen molar-refractivity contribution in [3.05, 3.63) is 11.1 Å². The molecule has 0 spiro atoms. The number of aromatic nitrogens is 1. The zero-order chi connectivity index (χ0) is 14.4. The number of hydrogen-bond acceptors (Lipinski definition) is 6. The molecule has 1 rings (SSSR count). The lowest BCUT2D eigenvalue weighted by molar-refractivity contribution is -0.138. The van der Waals surface area contributed by atoms with Crippen molar-refractivity contribution in [3.8, 4) is 0 Å². The molecule has 108 valence electrons. The Morgan fingerprint density at radius 2 is 2.37 bits per heavy atom. The van der Waals surface area contributed by atoms with Gasteiger partial charge in [-0.15, -0.1) is 11.3 Å². The second-order valence-corrected chi connectivity index (χ2v) is 5.42. The van der Waals surface area contributed by atoms with Gasteiger partial charge in [0.2, 0.25) is 0 Å². The van der Waals surface area contributed by atoms with Crippen molar-refractivity contribution < 1.29 is 9.90 Å². The average Bonchev–Trinajstić information content (AvgIpc) is 2.85. The van der Waals surface area contributed by atoms with Crippen molar-refractivity contribution in [3.63, 3.8) is 0 Å². The van der Waals surface area contributed by atoms with E-state index in [0.717, 1.165) is 19.5 Å². The fraction of sp³-hybridized carbons (Fsp3) is 0.667. The van der Waals surface area contributed by atoms with Crippen LogP contribution in [0.4, 0.5) is 5.13 Å². The summed E-state index contributed by atoms with van der Waals surface area (Å²) in [4.78, 5) is 17.2. The largest absolute Gasteiger partial charge is 0.480 e. The van der Waals surface area contributed by atoms with E-state index >= 15 is 0 Å². The van der Waals surface area contributed by atoms with Crippen LogP contribution < -0.4 is 11.1 Å². The van der Waals surface area contributed by atoms with Gasteiger partial charge in [-0.3, -0.25) is 4.79 Å². The van der Waals surface area contributed by atoms with Gasteiger partial charge in [0, 0.05) is 24.5 Å². The lowest BCUT2D eigenvalue weighted by Gasteiger charge is -2.23. The zero-order valence-electron chi connectivity index (χ0n) is 11.6. The van der Waals surface area contributed by atoms with E-state index in [1.165, 1.54) is 11.3 Å². The Morgan fingerprint density at radius 3 is 2.95 bits per heavy atom. The van der Waals surface area contributed by atoms with Crippen molar-refractivity contribution in [1.29, 1.82) is 0 Å². The first-order chi connectivity index (χ1) is 8.95. The lowest BCUT2D eigenvalue weighted by atomic mass is 10.2. The summed E-state index contributed by atoms with van der Waals surface area (Å²) in [6, 6.07) is -0.497. The lowest BCUT2D eigenvalue weighted by Crippen LogP contribution is -2.32. The Kier molecular flexibility index (Phi) is 6.20. The molecule has 2 atom stereocenters. The van der Waals surface area contributed by atoms with E-state index < -0.39 is 12.0 Å². The molecule has 0 radical (unpaired) electrons.